The molecular formula is C34H44O3. The number of rotatable bonds is 4. The number of hydrogen-bond acceptors (Lipinski definition) is 3. The van der Waals surface area contributed by atoms with Gasteiger partial charge in [0.2, 0.25) is 0 Å². The van der Waals surface area contributed by atoms with E-state index in [1.165, 1.54) is 38.5 Å². The lowest BCUT2D eigenvalue weighted by molar-refractivity contribution is 0.414. The van der Waals surface area contributed by atoms with Crippen molar-refractivity contribution in [1.82, 2.24) is 0 Å². The van der Waals surface area contributed by atoms with E-state index in [0.717, 1.165) is 70.2 Å². The van der Waals surface area contributed by atoms with Crippen molar-refractivity contribution < 1.29 is 15.3 Å². The molecule has 0 atom stereocenters. The number of aryl methyl sites for hydroxylation is 2. The summed E-state index contributed by atoms with van der Waals surface area (Å²) < 4.78 is 0. The second kappa shape index (κ2) is 12.1. The third kappa shape index (κ3) is 5.66. The van der Waals surface area contributed by atoms with Gasteiger partial charge in [0.15, 0.2) is 0 Å². The fraction of sp³-hybridized carbons (Fsp3) is 0.471. The van der Waals surface area contributed by atoms with Crippen LogP contribution in [0.5, 0.6) is 17.2 Å². The van der Waals surface area contributed by atoms with Gasteiger partial charge in [0, 0.05) is 5.56 Å². The van der Waals surface area contributed by atoms with Crippen LogP contribution in [0.3, 0.4) is 0 Å². The maximum atomic E-state index is 11.2. The Labute approximate surface area is 223 Å². The third-order valence-corrected chi connectivity index (χ3v) is 8.44. The molecule has 2 saturated carbocycles. The molecule has 0 spiro atoms. The summed E-state index contributed by atoms with van der Waals surface area (Å²) in [6.45, 7) is 8.04. The molecule has 3 aromatic carbocycles. The molecule has 2 fully saturated rings. The van der Waals surface area contributed by atoms with Crippen molar-refractivity contribution in [3.05, 3.63) is 64.7 Å². The molecule has 0 unspecified atom stereocenters. The van der Waals surface area contributed by atoms with Crippen molar-refractivity contribution in [2.45, 2.75) is 104 Å². The van der Waals surface area contributed by atoms with E-state index < -0.39 is 0 Å². The van der Waals surface area contributed by atoms with E-state index in [0.29, 0.717) is 23.3 Å². The van der Waals surface area contributed by atoms with Crippen molar-refractivity contribution >= 4 is 0 Å². The zero-order chi connectivity index (χ0) is 26.5. The molecule has 0 aromatic heterocycles. The second-order valence-corrected chi connectivity index (χ2v) is 10.8. The predicted molar refractivity (Wildman–Crippen MR) is 155 cm³/mol. The summed E-state index contributed by atoms with van der Waals surface area (Å²) in [5.41, 5.74) is 7.80. The van der Waals surface area contributed by atoms with Gasteiger partial charge in [-0.2, -0.15) is 0 Å². The third-order valence-electron chi connectivity index (χ3n) is 8.44. The predicted octanol–water partition coefficient (Wildman–Crippen LogP) is 9.88. The summed E-state index contributed by atoms with van der Waals surface area (Å²) in [5.74, 6) is 1.76. The van der Waals surface area contributed by atoms with Gasteiger partial charge in [-0.15, -0.1) is 0 Å². The average Bonchev–Trinajstić information content (AvgIpc) is 2.91. The van der Waals surface area contributed by atoms with Crippen LogP contribution in [0.1, 0.15) is 112 Å². The molecule has 0 heterocycles. The normalized spacial score (nSPS) is 16.8. The lowest BCUT2D eigenvalue weighted by Gasteiger charge is -2.26. The van der Waals surface area contributed by atoms with Gasteiger partial charge in [0.05, 0.1) is 0 Å². The minimum atomic E-state index is 0.248. The van der Waals surface area contributed by atoms with Gasteiger partial charge in [-0.25, -0.2) is 0 Å². The monoisotopic (exact) mass is 500 g/mol. The van der Waals surface area contributed by atoms with Crippen LogP contribution in [-0.4, -0.2) is 15.3 Å². The molecule has 0 saturated heterocycles. The SMILES string of the molecule is CC.Cc1cc(O)c(C2CCCCC2)cc1-c1cccc(O)c1-c1cc(C2CCCCC2)c(O)cc1C. The molecule has 2 aliphatic rings. The van der Waals surface area contributed by atoms with Crippen molar-refractivity contribution in [2.24, 2.45) is 0 Å². The Morgan fingerprint density at radius 1 is 0.541 bits per heavy atom. The summed E-state index contributed by atoms with van der Waals surface area (Å²) in [6.07, 6.45) is 11.8. The molecular weight excluding hydrogens is 456 g/mol. The Morgan fingerprint density at radius 3 is 1.51 bits per heavy atom. The molecule has 0 bridgehead atoms. The molecule has 3 nitrogen and oxygen atoms in total. The number of hydrogen-bond donors (Lipinski definition) is 3. The van der Waals surface area contributed by atoms with Gasteiger partial charge in [-0.1, -0.05) is 64.5 Å². The average molecular weight is 501 g/mol. The summed E-state index contributed by atoms with van der Waals surface area (Å²) in [6, 6.07) is 13.8. The van der Waals surface area contributed by atoms with Crippen molar-refractivity contribution in [1.29, 1.82) is 0 Å². The highest BCUT2D eigenvalue weighted by atomic mass is 16.3. The van der Waals surface area contributed by atoms with E-state index in [1.54, 1.807) is 6.07 Å². The Hall–Kier alpha value is -2.94. The van der Waals surface area contributed by atoms with E-state index in [9.17, 15) is 15.3 Å². The molecule has 0 radical (unpaired) electrons. The van der Waals surface area contributed by atoms with Gasteiger partial charge >= 0.3 is 0 Å². The van der Waals surface area contributed by atoms with E-state index in [4.69, 9.17) is 0 Å². The summed E-state index contributed by atoms with van der Waals surface area (Å²) in [7, 11) is 0. The zero-order valence-electron chi connectivity index (χ0n) is 23.1. The molecule has 2 aliphatic carbocycles. The van der Waals surface area contributed by atoms with Gasteiger partial charge in [0.1, 0.15) is 17.2 Å². The first-order valence-corrected chi connectivity index (χ1v) is 14.4. The highest BCUT2D eigenvalue weighted by molar-refractivity contribution is 5.90. The second-order valence-electron chi connectivity index (χ2n) is 10.8. The lowest BCUT2D eigenvalue weighted by atomic mass is 9.80. The summed E-state index contributed by atoms with van der Waals surface area (Å²) in [5, 5.41) is 32.8. The first kappa shape index (κ1) is 27.1. The topological polar surface area (TPSA) is 60.7 Å². The van der Waals surface area contributed by atoms with Gasteiger partial charge in [0.25, 0.3) is 0 Å². The molecule has 0 aliphatic heterocycles. The van der Waals surface area contributed by atoms with Crippen LogP contribution in [0.25, 0.3) is 22.3 Å². The summed E-state index contributed by atoms with van der Waals surface area (Å²) in [4.78, 5) is 0. The number of phenolic OH excluding ortho intramolecular Hbond substituents is 3. The van der Waals surface area contributed by atoms with Crippen LogP contribution in [0.4, 0.5) is 0 Å². The Kier molecular flexibility index (Phi) is 8.84. The van der Waals surface area contributed by atoms with E-state index in [1.807, 2.05) is 45.9 Å². The Bertz CT molecular complexity index is 1210. The highest BCUT2D eigenvalue weighted by Gasteiger charge is 2.24. The van der Waals surface area contributed by atoms with Crippen LogP contribution in [0, 0.1) is 13.8 Å². The highest BCUT2D eigenvalue weighted by Crippen LogP contribution is 2.47. The minimum absolute atomic E-state index is 0.248. The van der Waals surface area contributed by atoms with E-state index >= 15 is 0 Å². The maximum absolute atomic E-state index is 11.2. The standard InChI is InChI=1S/C32H38O3.C2H6/c1-20-16-30(34)27(22-10-5-3-6-11-22)18-25(20)24-14-9-15-29(33)32(24)26-19-28(31(35)17-21(26)2)23-12-7-4-8-13-23;1-2/h9,14-19,22-23,33-35H,3-8,10-13H2,1-2H3;1-2H3. The first-order valence-electron chi connectivity index (χ1n) is 14.4. The van der Waals surface area contributed by atoms with Crippen LogP contribution in [0.15, 0.2) is 42.5 Å². The molecule has 37 heavy (non-hydrogen) atoms. The van der Waals surface area contributed by atoms with Crippen LogP contribution >= 0.6 is 0 Å². The maximum Gasteiger partial charge on any atom is 0.124 e. The van der Waals surface area contributed by atoms with Gasteiger partial charge in [-0.05, 0) is 121 Å². The number of aromatic hydroxyl groups is 3. The van der Waals surface area contributed by atoms with Crippen LogP contribution in [0.2, 0.25) is 0 Å². The smallest absolute Gasteiger partial charge is 0.124 e. The molecule has 5 rings (SSSR count). The largest absolute Gasteiger partial charge is 0.508 e. The Morgan fingerprint density at radius 2 is 1.00 bits per heavy atom. The van der Waals surface area contributed by atoms with E-state index in [-0.39, 0.29) is 5.75 Å². The van der Waals surface area contributed by atoms with E-state index in [2.05, 4.69) is 18.2 Å². The van der Waals surface area contributed by atoms with Crippen molar-refractivity contribution in [2.75, 3.05) is 0 Å². The Balaban J connectivity index is 0.00000156. The van der Waals surface area contributed by atoms with Crippen LogP contribution < -0.4 is 0 Å². The fourth-order valence-corrected chi connectivity index (χ4v) is 6.51. The van der Waals surface area contributed by atoms with Gasteiger partial charge in [-0.3, -0.25) is 0 Å². The molecule has 3 heteroatoms. The van der Waals surface area contributed by atoms with Crippen molar-refractivity contribution in [3.8, 4) is 39.5 Å². The quantitative estimate of drug-likeness (QED) is 0.334. The van der Waals surface area contributed by atoms with Gasteiger partial charge < -0.3 is 15.3 Å². The number of benzene rings is 3. The molecule has 3 aromatic rings. The van der Waals surface area contributed by atoms with Crippen molar-refractivity contribution in [3.63, 3.8) is 0 Å². The fourth-order valence-electron chi connectivity index (χ4n) is 6.51. The first-order chi connectivity index (χ1) is 17.9. The number of phenols is 3. The van der Waals surface area contributed by atoms with Crippen LogP contribution in [-0.2, 0) is 0 Å². The zero-order valence-corrected chi connectivity index (χ0v) is 23.1. The minimum Gasteiger partial charge on any atom is -0.508 e. The molecule has 3 N–H and O–H groups in total. The lowest BCUT2D eigenvalue weighted by Crippen LogP contribution is -2.06. The molecule has 198 valence electrons. The summed E-state index contributed by atoms with van der Waals surface area (Å²) >= 11 is 0. The molecule has 0 amide bonds.